The largest absolute Gasteiger partial charge is 0.323 e. The van der Waals surface area contributed by atoms with Crippen LogP contribution in [0, 0.1) is 13.8 Å². The first-order valence-electron chi connectivity index (χ1n) is 6.21. The van der Waals surface area contributed by atoms with Gasteiger partial charge >= 0.3 is 0 Å². The Balaban J connectivity index is 2.48. The van der Waals surface area contributed by atoms with Crippen molar-refractivity contribution in [2.24, 2.45) is 0 Å². The first kappa shape index (κ1) is 12.6. The molecule has 18 heavy (non-hydrogen) atoms. The summed E-state index contributed by atoms with van der Waals surface area (Å²) in [6.45, 7) is 8.55. The number of aryl methyl sites for hydroxylation is 2. The van der Waals surface area contributed by atoms with Crippen LogP contribution in [0.15, 0.2) is 36.8 Å². The Labute approximate surface area is 109 Å². The number of hydrogen-bond acceptors (Lipinski definition) is 3. The van der Waals surface area contributed by atoms with Gasteiger partial charge in [0.05, 0.1) is 6.20 Å². The second kappa shape index (κ2) is 5.17. The molecular formula is C15H19N3. The van der Waals surface area contributed by atoms with Crippen molar-refractivity contribution in [3.8, 4) is 0 Å². The van der Waals surface area contributed by atoms with Crippen molar-refractivity contribution < 1.29 is 0 Å². The number of nitrogens with zero attached hydrogens (tertiary/aromatic N) is 3. The van der Waals surface area contributed by atoms with E-state index in [1.54, 1.807) is 18.6 Å². The van der Waals surface area contributed by atoms with Crippen molar-refractivity contribution >= 4 is 11.5 Å². The summed E-state index contributed by atoms with van der Waals surface area (Å²) in [4.78, 5) is 10.8. The quantitative estimate of drug-likeness (QED) is 0.821. The maximum atomic E-state index is 4.40. The molecule has 3 nitrogen and oxygen atoms in total. The minimum atomic E-state index is 0.336. The summed E-state index contributed by atoms with van der Waals surface area (Å²) in [6, 6.07) is 6.88. The van der Waals surface area contributed by atoms with Gasteiger partial charge < -0.3 is 4.90 Å². The molecule has 1 heterocycles. The van der Waals surface area contributed by atoms with Gasteiger partial charge in [-0.15, -0.1) is 0 Å². The minimum absolute atomic E-state index is 0.336. The predicted molar refractivity (Wildman–Crippen MR) is 75.2 cm³/mol. The van der Waals surface area contributed by atoms with Crippen molar-refractivity contribution in [1.29, 1.82) is 0 Å². The summed E-state index contributed by atoms with van der Waals surface area (Å²) < 4.78 is 0. The third-order valence-electron chi connectivity index (χ3n) is 2.80. The molecule has 2 aromatic rings. The lowest BCUT2D eigenvalue weighted by Gasteiger charge is -2.28. The molecule has 0 fully saturated rings. The SMILES string of the molecule is Cc1cc(C)cc(N(c2cnccn2)C(C)C)c1. The first-order valence-corrected chi connectivity index (χ1v) is 6.21. The highest BCUT2D eigenvalue weighted by atomic mass is 15.2. The molecular weight excluding hydrogens is 222 g/mol. The van der Waals surface area contributed by atoms with Gasteiger partial charge in [-0.25, -0.2) is 4.98 Å². The predicted octanol–water partition coefficient (Wildman–Crippen LogP) is 3.64. The van der Waals surface area contributed by atoms with Crippen molar-refractivity contribution in [1.82, 2.24) is 9.97 Å². The van der Waals surface area contributed by atoms with Crippen molar-refractivity contribution in [2.75, 3.05) is 4.90 Å². The average Bonchev–Trinajstić information content (AvgIpc) is 2.28. The Morgan fingerprint density at radius 2 is 1.67 bits per heavy atom. The molecule has 0 aliphatic carbocycles. The average molecular weight is 241 g/mol. The summed E-state index contributed by atoms with van der Waals surface area (Å²) in [5.41, 5.74) is 3.70. The maximum absolute atomic E-state index is 4.40. The number of hydrogen-bond donors (Lipinski definition) is 0. The van der Waals surface area contributed by atoms with Crippen LogP contribution < -0.4 is 4.90 Å². The van der Waals surface area contributed by atoms with Gasteiger partial charge in [0.2, 0.25) is 0 Å². The standard InChI is InChI=1S/C15H19N3/c1-11(2)18(15-10-16-5-6-17-15)14-8-12(3)7-13(4)9-14/h5-11H,1-4H3. The van der Waals surface area contributed by atoms with Gasteiger partial charge in [-0.3, -0.25) is 4.98 Å². The summed E-state index contributed by atoms with van der Waals surface area (Å²) in [5.74, 6) is 0.887. The molecule has 0 aliphatic rings. The lowest BCUT2D eigenvalue weighted by molar-refractivity contribution is 0.774. The molecule has 0 spiro atoms. The van der Waals surface area contributed by atoms with Crippen molar-refractivity contribution in [3.05, 3.63) is 47.9 Å². The van der Waals surface area contributed by atoms with Crippen LogP contribution in [0.2, 0.25) is 0 Å². The molecule has 0 saturated heterocycles. The van der Waals surface area contributed by atoms with Crippen LogP contribution in [-0.4, -0.2) is 16.0 Å². The topological polar surface area (TPSA) is 29.0 Å². The van der Waals surface area contributed by atoms with Gasteiger partial charge in [0.15, 0.2) is 5.82 Å². The molecule has 0 atom stereocenters. The van der Waals surface area contributed by atoms with Crippen LogP contribution in [0.4, 0.5) is 11.5 Å². The van der Waals surface area contributed by atoms with E-state index in [0.717, 1.165) is 5.82 Å². The monoisotopic (exact) mass is 241 g/mol. The Kier molecular flexibility index (Phi) is 3.60. The number of aromatic nitrogens is 2. The molecule has 0 amide bonds. The lowest BCUT2D eigenvalue weighted by atomic mass is 10.1. The minimum Gasteiger partial charge on any atom is -0.323 e. The van der Waals surface area contributed by atoms with Crippen LogP contribution >= 0.6 is 0 Å². The van der Waals surface area contributed by atoms with Crippen LogP contribution in [-0.2, 0) is 0 Å². The molecule has 0 radical (unpaired) electrons. The zero-order valence-corrected chi connectivity index (χ0v) is 11.4. The Morgan fingerprint density at radius 1 is 1.00 bits per heavy atom. The second-order valence-electron chi connectivity index (χ2n) is 4.87. The molecule has 94 valence electrons. The van der Waals surface area contributed by atoms with Gasteiger partial charge in [0.25, 0.3) is 0 Å². The number of rotatable bonds is 3. The van der Waals surface area contributed by atoms with Crippen LogP contribution in [0.25, 0.3) is 0 Å². The summed E-state index contributed by atoms with van der Waals surface area (Å²) in [7, 11) is 0. The fraction of sp³-hybridized carbons (Fsp3) is 0.333. The van der Waals surface area contributed by atoms with E-state index in [0.29, 0.717) is 6.04 Å². The van der Waals surface area contributed by atoms with Crippen molar-refractivity contribution in [2.45, 2.75) is 33.7 Å². The summed E-state index contributed by atoms with van der Waals surface area (Å²) in [5, 5.41) is 0. The highest BCUT2D eigenvalue weighted by Gasteiger charge is 2.14. The number of anilines is 2. The molecule has 2 rings (SSSR count). The van der Waals surface area contributed by atoms with Gasteiger partial charge in [0.1, 0.15) is 0 Å². The molecule has 0 N–H and O–H groups in total. The lowest BCUT2D eigenvalue weighted by Crippen LogP contribution is -2.26. The third kappa shape index (κ3) is 2.67. The molecule has 0 saturated carbocycles. The highest BCUT2D eigenvalue weighted by molar-refractivity contribution is 5.61. The van der Waals surface area contributed by atoms with Crippen molar-refractivity contribution in [3.63, 3.8) is 0 Å². The van der Waals surface area contributed by atoms with Gasteiger partial charge in [-0.05, 0) is 51.0 Å². The van der Waals surface area contributed by atoms with E-state index in [9.17, 15) is 0 Å². The van der Waals surface area contributed by atoms with E-state index >= 15 is 0 Å². The zero-order chi connectivity index (χ0) is 13.1. The van der Waals surface area contributed by atoms with E-state index in [1.807, 2.05) is 0 Å². The Hall–Kier alpha value is -1.90. The van der Waals surface area contributed by atoms with Crippen LogP contribution in [0.1, 0.15) is 25.0 Å². The fourth-order valence-electron chi connectivity index (χ4n) is 2.20. The molecule has 1 aromatic carbocycles. The molecule has 0 aliphatic heterocycles. The third-order valence-corrected chi connectivity index (χ3v) is 2.80. The normalized spacial score (nSPS) is 10.7. The summed E-state index contributed by atoms with van der Waals surface area (Å²) >= 11 is 0. The van der Waals surface area contributed by atoms with E-state index in [-0.39, 0.29) is 0 Å². The molecule has 3 heteroatoms. The fourth-order valence-corrected chi connectivity index (χ4v) is 2.20. The maximum Gasteiger partial charge on any atom is 0.151 e. The van der Waals surface area contributed by atoms with E-state index in [4.69, 9.17) is 0 Å². The molecule has 0 bridgehead atoms. The first-order chi connectivity index (χ1) is 8.58. The van der Waals surface area contributed by atoms with Gasteiger partial charge in [-0.2, -0.15) is 0 Å². The smallest absolute Gasteiger partial charge is 0.151 e. The van der Waals surface area contributed by atoms with Gasteiger partial charge in [0, 0.05) is 24.1 Å². The Bertz CT molecular complexity index is 500. The van der Waals surface area contributed by atoms with Gasteiger partial charge in [-0.1, -0.05) is 6.07 Å². The molecule has 1 aromatic heterocycles. The second-order valence-corrected chi connectivity index (χ2v) is 4.87. The van der Waals surface area contributed by atoms with E-state index in [2.05, 4.69) is 60.8 Å². The number of benzene rings is 1. The van der Waals surface area contributed by atoms with Crippen LogP contribution in [0.3, 0.4) is 0 Å². The zero-order valence-electron chi connectivity index (χ0n) is 11.4. The van der Waals surface area contributed by atoms with E-state index < -0.39 is 0 Å². The summed E-state index contributed by atoms with van der Waals surface area (Å²) in [6.07, 6.45) is 5.23. The van der Waals surface area contributed by atoms with Crippen LogP contribution in [0.5, 0.6) is 0 Å². The highest BCUT2D eigenvalue weighted by Crippen LogP contribution is 2.27. The molecule has 0 unspecified atom stereocenters. The Morgan fingerprint density at radius 3 is 2.17 bits per heavy atom. The van der Waals surface area contributed by atoms with E-state index in [1.165, 1.54) is 16.8 Å².